The zero-order valence-electron chi connectivity index (χ0n) is 20.5. The highest BCUT2D eigenvalue weighted by Crippen LogP contribution is 2.30. The number of urea groups is 1. The number of nitrogens with one attached hydrogen (secondary N) is 1. The van der Waals surface area contributed by atoms with Crippen molar-refractivity contribution in [1.29, 1.82) is 0 Å². The minimum Gasteiger partial charge on any atom is -0.368 e. The first-order valence-corrected chi connectivity index (χ1v) is 12.4. The highest BCUT2D eigenvalue weighted by molar-refractivity contribution is 6.30. The Labute approximate surface area is 219 Å². The smallest absolute Gasteiger partial charge is 0.368 e. The molecule has 0 aliphatic carbocycles. The number of ether oxygens (including phenoxy) is 1. The van der Waals surface area contributed by atoms with Gasteiger partial charge in [-0.25, -0.2) is 4.79 Å². The van der Waals surface area contributed by atoms with Gasteiger partial charge in [-0.2, -0.15) is 13.2 Å². The van der Waals surface area contributed by atoms with Crippen LogP contribution in [0.25, 0.3) is 0 Å². The lowest BCUT2D eigenvalue weighted by molar-refractivity contribution is -0.137. The van der Waals surface area contributed by atoms with Gasteiger partial charge in [-0.3, -0.25) is 4.90 Å². The van der Waals surface area contributed by atoms with Crippen LogP contribution < -0.4 is 5.32 Å². The summed E-state index contributed by atoms with van der Waals surface area (Å²) in [5, 5.41) is 3.56. The Bertz CT molecular complexity index is 1180. The molecule has 0 spiro atoms. The number of rotatable bonds is 7. The molecular weight excluding hydrogens is 503 g/mol. The lowest BCUT2D eigenvalue weighted by Gasteiger charge is -2.36. The van der Waals surface area contributed by atoms with E-state index in [1.807, 2.05) is 43.3 Å². The summed E-state index contributed by atoms with van der Waals surface area (Å²) in [6.45, 7) is 5.22. The molecule has 1 N–H and O–H groups in total. The van der Waals surface area contributed by atoms with Crippen LogP contribution in [0.1, 0.15) is 28.4 Å². The van der Waals surface area contributed by atoms with Crippen LogP contribution in [0.2, 0.25) is 5.02 Å². The number of nitrogens with zero attached hydrogens (tertiary/aromatic N) is 2. The van der Waals surface area contributed by atoms with Crippen LogP contribution in [0, 0.1) is 6.92 Å². The molecule has 3 aromatic rings. The number of carbonyl (C=O) groups is 1. The molecule has 0 bridgehead atoms. The Morgan fingerprint density at radius 2 is 1.68 bits per heavy atom. The molecular formula is C28H29ClF3N3O2. The molecule has 9 heteroatoms. The van der Waals surface area contributed by atoms with Gasteiger partial charge in [0.1, 0.15) is 0 Å². The molecule has 0 unspecified atom stereocenters. The molecule has 1 atom stereocenters. The number of benzene rings is 3. The van der Waals surface area contributed by atoms with Crippen molar-refractivity contribution in [2.24, 2.45) is 0 Å². The second-order valence-corrected chi connectivity index (χ2v) is 9.57. The topological polar surface area (TPSA) is 44.8 Å². The zero-order chi connectivity index (χ0) is 26.4. The van der Waals surface area contributed by atoms with E-state index in [1.165, 1.54) is 12.1 Å². The van der Waals surface area contributed by atoms with Crippen molar-refractivity contribution < 1.29 is 22.7 Å². The normalized spacial score (nSPS) is 15.4. The Morgan fingerprint density at radius 3 is 2.30 bits per heavy atom. The number of halogens is 4. The summed E-state index contributed by atoms with van der Waals surface area (Å²) < 4.78 is 44.8. The fourth-order valence-electron chi connectivity index (χ4n) is 4.21. The first-order chi connectivity index (χ1) is 17.7. The van der Waals surface area contributed by atoms with Gasteiger partial charge in [-0.1, -0.05) is 48.0 Å². The van der Waals surface area contributed by atoms with E-state index in [1.54, 1.807) is 17.0 Å². The average molecular weight is 532 g/mol. The van der Waals surface area contributed by atoms with Crippen molar-refractivity contribution in [3.63, 3.8) is 0 Å². The van der Waals surface area contributed by atoms with Crippen molar-refractivity contribution in [2.45, 2.75) is 25.8 Å². The van der Waals surface area contributed by atoms with Crippen LogP contribution in [0.4, 0.5) is 23.7 Å². The Balaban J connectivity index is 1.35. The first kappa shape index (κ1) is 27.0. The second-order valence-electron chi connectivity index (χ2n) is 9.13. The number of aryl methyl sites for hydroxylation is 1. The number of anilines is 1. The van der Waals surface area contributed by atoms with Crippen molar-refractivity contribution in [1.82, 2.24) is 9.80 Å². The van der Waals surface area contributed by atoms with E-state index in [0.29, 0.717) is 43.3 Å². The number of carbonyl (C=O) groups excluding carboxylic acids is 1. The molecule has 37 heavy (non-hydrogen) atoms. The third-order valence-electron chi connectivity index (χ3n) is 6.33. The monoisotopic (exact) mass is 531 g/mol. The molecule has 0 saturated carbocycles. The highest BCUT2D eigenvalue weighted by Gasteiger charge is 2.30. The Morgan fingerprint density at radius 1 is 1.00 bits per heavy atom. The Kier molecular flexibility index (Phi) is 8.74. The molecule has 1 aliphatic rings. The van der Waals surface area contributed by atoms with Crippen LogP contribution >= 0.6 is 11.6 Å². The van der Waals surface area contributed by atoms with Gasteiger partial charge in [-0.15, -0.1) is 0 Å². The lowest BCUT2D eigenvalue weighted by Crippen LogP contribution is -2.50. The van der Waals surface area contributed by atoms with E-state index in [0.717, 1.165) is 28.9 Å². The molecule has 1 fully saturated rings. The Hall–Kier alpha value is -3.07. The van der Waals surface area contributed by atoms with Crippen LogP contribution in [0.3, 0.4) is 0 Å². The molecule has 1 heterocycles. The van der Waals surface area contributed by atoms with E-state index in [-0.39, 0.29) is 18.7 Å². The van der Waals surface area contributed by atoms with Gasteiger partial charge in [0.25, 0.3) is 0 Å². The summed E-state index contributed by atoms with van der Waals surface area (Å²) in [5.74, 6) is 0. The van der Waals surface area contributed by atoms with E-state index in [4.69, 9.17) is 16.3 Å². The van der Waals surface area contributed by atoms with Crippen LogP contribution in [-0.4, -0.2) is 48.6 Å². The van der Waals surface area contributed by atoms with E-state index < -0.39 is 11.7 Å². The zero-order valence-corrected chi connectivity index (χ0v) is 21.2. The van der Waals surface area contributed by atoms with Crippen LogP contribution in [0.5, 0.6) is 0 Å². The maximum atomic E-state index is 12.9. The van der Waals surface area contributed by atoms with E-state index in [2.05, 4.69) is 10.2 Å². The number of hydrogen-bond donors (Lipinski definition) is 1. The second kappa shape index (κ2) is 12.0. The van der Waals surface area contributed by atoms with Crippen LogP contribution in [0.15, 0.2) is 72.8 Å². The minimum atomic E-state index is -4.37. The summed E-state index contributed by atoms with van der Waals surface area (Å²) in [5.41, 5.74) is 2.74. The average Bonchev–Trinajstić information content (AvgIpc) is 2.87. The van der Waals surface area contributed by atoms with Crippen molar-refractivity contribution in [3.05, 3.63) is 100 Å². The summed E-state index contributed by atoms with van der Waals surface area (Å²) in [6, 6.07) is 19.9. The van der Waals surface area contributed by atoms with E-state index >= 15 is 0 Å². The van der Waals surface area contributed by atoms with Gasteiger partial charge in [0.05, 0.1) is 18.3 Å². The largest absolute Gasteiger partial charge is 0.416 e. The van der Waals surface area contributed by atoms with Gasteiger partial charge in [-0.05, 0) is 60.0 Å². The van der Waals surface area contributed by atoms with Crippen LogP contribution in [-0.2, 0) is 17.5 Å². The van der Waals surface area contributed by atoms with Gasteiger partial charge >= 0.3 is 12.2 Å². The first-order valence-electron chi connectivity index (χ1n) is 12.1. The summed E-state index contributed by atoms with van der Waals surface area (Å²) in [4.78, 5) is 16.7. The number of piperazine rings is 1. The standard InChI is InChI=1S/C28H29ClF3N3O2/c1-20-3-2-4-25(17-20)33-27(36)35-15-13-34(14-16-35)18-26(22-7-11-24(29)12-8-22)37-19-21-5-9-23(10-6-21)28(30,31)32/h2-12,17,26H,13-16,18-19H2,1H3,(H,33,36)/t26-/m0/s1. The third-order valence-corrected chi connectivity index (χ3v) is 6.58. The highest BCUT2D eigenvalue weighted by atomic mass is 35.5. The van der Waals surface area contributed by atoms with E-state index in [9.17, 15) is 18.0 Å². The molecule has 4 rings (SSSR count). The lowest BCUT2D eigenvalue weighted by atomic mass is 10.1. The quantitative estimate of drug-likeness (QED) is 0.366. The SMILES string of the molecule is Cc1cccc(NC(=O)N2CCN(C[C@H](OCc3ccc(C(F)(F)F)cc3)c3ccc(Cl)cc3)CC2)c1. The van der Waals surface area contributed by atoms with Gasteiger partial charge in [0.15, 0.2) is 0 Å². The maximum Gasteiger partial charge on any atom is 0.416 e. The predicted molar refractivity (Wildman–Crippen MR) is 139 cm³/mol. The maximum absolute atomic E-state index is 12.9. The summed E-state index contributed by atoms with van der Waals surface area (Å²) in [6.07, 6.45) is -4.68. The fraction of sp³-hybridized carbons (Fsp3) is 0.321. The molecule has 0 aromatic heterocycles. The van der Waals surface area contributed by atoms with Crippen molar-refractivity contribution in [3.8, 4) is 0 Å². The molecule has 1 saturated heterocycles. The summed E-state index contributed by atoms with van der Waals surface area (Å²) in [7, 11) is 0. The van der Waals surface area contributed by atoms with Crippen molar-refractivity contribution in [2.75, 3.05) is 38.0 Å². The molecule has 0 radical (unpaired) electrons. The van der Waals surface area contributed by atoms with Gasteiger partial charge < -0.3 is 15.0 Å². The summed E-state index contributed by atoms with van der Waals surface area (Å²) >= 11 is 6.06. The molecule has 5 nitrogen and oxygen atoms in total. The number of alkyl halides is 3. The third kappa shape index (κ3) is 7.71. The number of hydrogen-bond acceptors (Lipinski definition) is 3. The molecule has 1 aliphatic heterocycles. The van der Waals surface area contributed by atoms with Gasteiger partial charge in [0.2, 0.25) is 0 Å². The molecule has 196 valence electrons. The van der Waals surface area contributed by atoms with Gasteiger partial charge in [0, 0.05) is 43.4 Å². The molecule has 3 aromatic carbocycles. The number of amides is 2. The minimum absolute atomic E-state index is 0.127. The molecule has 2 amide bonds. The fourth-order valence-corrected chi connectivity index (χ4v) is 4.34. The van der Waals surface area contributed by atoms with Crippen molar-refractivity contribution >= 4 is 23.3 Å². The predicted octanol–water partition coefficient (Wildman–Crippen LogP) is 6.77.